The van der Waals surface area contributed by atoms with Crippen molar-refractivity contribution in [3.8, 4) is 17.1 Å². The van der Waals surface area contributed by atoms with E-state index in [9.17, 15) is 9.59 Å². The quantitative estimate of drug-likeness (QED) is 0.345. The number of aryl methyl sites for hydroxylation is 1. The first-order chi connectivity index (χ1) is 13.8. The molecule has 0 saturated carbocycles. The zero-order valence-corrected chi connectivity index (χ0v) is 17.6. The molecule has 0 fully saturated rings. The van der Waals surface area contributed by atoms with E-state index in [1.807, 2.05) is 24.3 Å². The predicted molar refractivity (Wildman–Crippen MR) is 110 cm³/mol. The van der Waals surface area contributed by atoms with Crippen molar-refractivity contribution in [2.24, 2.45) is 0 Å². The van der Waals surface area contributed by atoms with Crippen LogP contribution < -0.4 is 4.74 Å². The van der Waals surface area contributed by atoms with Gasteiger partial charge >= 0.3 is 5.97 Å². The number of aromatic nitrogens is 4. The number of aromatic amines is 2. The zero-order valence-electron chi connectivity index (χ0n) is 16.8. The average molecular weight is 414 g/mol. The molecule has 2 aromatic heterocycles. The van der Waals surface area contributed by atoms with Gasteiger partial charge in [-0.25, -0.2) is 9.78 Å². The number of ketones is 1. The van der Waals surface area contributed by atoms with E-state index in [-0.39, 0.29) is 5.78 Å². The first-order valence-electron chi connectivity index (χ1n) is 8.90. The maximum Gasteiger partial charge on any atom is 0.339 e. The number of carbonyl (C=O) groups is 2. The Kier molecular flexibility index (Phi) is 6.07. The normalized spacial score (nSPS) is 11.9. The van der Waals surface area contributed by atoms with Gasteiger partial charge in [0.05, 0.1) is 30.7 Å². The van der Waals surface area contributed by atoms with E-state index < -0.39 is 11.2 Å². The van der Waals surface area contributed by atoms with Crippen LogP contribution in [0.1, 0.15) is 39.0 Å². The Morgan fingerprint density at radius 2 is 1.83 bits per heavy atom. The molecular formula is C20H22N4O4S. The van der Waals surface area contributed by atoms with Crippen molar-refractivity contribution in [1.29, 1.82) is 0 Å². The molecular weight excluding hydrogens is 392 g/mol. The molecule has 0 aliphatic rings. The summed E-state index contributed by atoms with van der Waals surface area (Å²) in [6.45, 7) is 5.25. The fraction of sp³-hybridized carbons (Fsp3) is 0.300. The minimum atomic E-state index is -0.464. The second-order valence-electron chi connectivity index (χ2n) is 6.44. The molecule has 29 heavy (non-hydrogen) atoms. The van der Waals surface area contributed by atoms with Gasteiger partial charge in [-0.2, -0.15) is 0 Å². The molecule has 0 unspecified atom stereocenters. The Balaban J connectivity index is 1.75. The predicted octanol–water partition coefficient (Wildman–Crippen LogP) is 3.58. The number of methoxy groups -OCH3 is 2. The number of hydrogen-bond donors (Lipinski definition) is 2. The van der Waals surface area contributed by atoms with Crippen LogP contribution in [0.5, 0.6) is 5.75 Å². The van der Waals surface area contributed by atoms with E-state index in [4.69, 9.17) is 9.47 Å². The van der Waals surface area contributed by atoms with Crippen molar-refractivity contribution in [2.75, 3.05) is 14.2 Å². The van der Waals surface area contributed by atoms with E-state index >= 15 is 0 Å². The molecule has 0 aliphatic carbocycles. The van der Waals surface area contributed by atoms with Crippen LogP contribution in [0.2, 0.25) is 0 Å². The van der Waals surface area contributed by atoms with Gasteiger partial charge in [0.15, 0.2) is 11.6 Å². The molecule has 2 heterocycles. The van der Waals surface area contributed by atoms with E-state index in [0.717, 1.165) is 11.3 Å². The second-order valence-corrected chi connectivity index (χ2v) is 7.74. The number of ether oxygens (including phenoxy) is 2. The third kappa shape index (κ3) is 4.19. The van der Waals surface area contributed by atoms with Crippen LogP contribution in [0, 0.1) is 13.8 Å². The van der Waals surface area contributed by atoms with Gasteiger partial charge in [0.2, 0.25) is 5.16 Å². The maximum absolute atomic E-state index is 12.9. The lowest BCUT2D eigenvalue weighted by molar-refractivity contribution is 0.0599. The van der Waals surface area contributed by atoms with Gasteiger partial charge in [-0.15, -0.1) is 5.10 Å². The van der Waals surface area contributed by atoms with Gasteiger partial charge in [0.1, 0.15) is 5.75 Å². The largest absolute Gasteiger partial charge is 0.497 e. The smallest absolute Gasteiger partial charge is 0.339 e. The molecule has 1 aromatic carbocycles. The SMILES string of the molecule is COC(=O)c1c(C)[nH]c(C(=O)[C@@H](C)Sc2n[nH]c(-c3ccc(OC)cc3)n2)c1C. The van der Waals surface area contributed by atoms with Gasteiger partial charge in [0, 0.05) is 11.3 Å². The molecule has 9 heteroatoms. The summed E-state index contributed by atoms with van der Waals surface area (Å²) in [6, 6.07) is 7.43. The van der Waals surface area contributed by atoms with Crippen LogP contribution in [0.3, 0.4) is 0 Å². The molecule has 2 N–H and O–H groups in total. The molecule has 8 nitrogen and oxygen atoms in total. The monoisotopic (exact) mass is 414 g/mol. The Hall–Kier alpha value is -3.07. The Bertz CT molecular complexity index is 1040. The van der Waals surface area contributed by atoms with Gasteiger partial charge in [0.25, 0.3) is 0 Å². The third-order valence-corrected chi connectivity index (χ3v) is 5.51. The lowest BCUT2D eigenvalue weighted by atomic mass is 10.1. The molecule has 152 valence electrons. The molecule has 0 saturated heterocycles. The molecule has 3 aromatic rings. The minimum absolute atomic E-state index is 0.137. The summed E-state index contributed by atoms with van der Waals surface area (Å²) in [5.41, 5.74) is 2.85. The van der Waals surface area contributed by atoms with Gasteiger partial charge in [-0.3, -0.25) is 9.89 Å². The van der Waals surface area contributed by atoms with Gasteiger partial charge in [-0.1, -0.05) is 11.8 Å². The third-order valence-electron chi connectivity index (χ3n) is 4.55. The first kappa shape index (κ1) is 20.7. The second kappa shape index (κ2) is 8.52. The zero-order chi connectivity index (χ0) is 21.1. The Labute approximate surface area is 172 Å². The van der Waals surface area contributed by atoms with E-state index in [1.165, 1.54) is 18.9 Å². The van der Waals surface area contributed by atoms with Crippen LogP contribution in [-0.2, 0) is 4.74 Å². The highest BCUT2D eigenvalue weighted by Crippen LogP contribution is 2.28. The number of hydrogen-bond acceptors (Lipinski definition) is 7. The van der Waals surface area contributed by atoms with Crippen LogP contribution in [0.4, 0.5) is 0 Å². The number of H-pyrrole nitrogens is 2. The van der Waals surface area contributed by atoms with Crippen molar-refractivity contribution in [3.05, 3.63) is 46.8 Å². The van der Waals surface area contributed by atoms with Crippen LogP contribution in [-0.4, -0.2) is 51.4 Å². The lowest BCUT2D eigenvalue weighted by Gasteiger charge is -2.07. The van der Waals surface area contributed by atoms with Gasteiger partial charge < -0.3 is 14.5 Å². The molecule has 0 spiro atoms. The highest BCUT2D eigenvalue weighted by atomic mass is 32.2. The topological polar surface area (TPSA) is 110 Å². The van der Waals surface area contributed by atoms with Crippen LogP contribution in [0.15, 0.2) is 29.4 Å². The Morgan fingerprint density at radius 3 is 2.45 bits per heavy atom. The minimum Gasteiger partial charge on any atom is -0.497 e. The van der Waals surface area contributed by atoms with Crippen molar-refractivity contribution in [2.45, 2.75) is 31.2 Å². The van der Waals surface area contributed by atoms with E-state index in [2.05, 4.69) is 20.2 Å². The summed E-state index contributed by atoms with van der Waals surface area (Å²) in [6.07, 6.45) is 0. The average Bonchev–Trinajstić information content (AvgIpc) is 3.31. The molecule has 3 rings (SSSR count). The number of nitrogens with zero attached hydrogens (tertiary/aromatic N) is 2. The number of benzene rings is 1. The summed E-state index contributed by atoms with van der Waals surface area (Å²) >= 11 is 1.24. The summed E-state index contributed by atoms with van der Waals surface area (Å²) in [5, 5.41) is 7.10. The van der Waals surface area contributed by atoms with Crippen LogP contribution >= 0.6 is 11.8 Å². The highest BCUT2D eigenvalue weighted by Gasteiger charge is 2.26. The first-order valence-corrected chi connectivity index (χ1v) is 9.78. The number of thioether (sulfide) groups is 1. The number of carbonyl (C=O) groups excluding carboxylic acids is 2. The number of Topliss-reactive ketones (excluding diaryl/α,β-unsaturated/α-hetero) is 1. The number of rotatable bonds is 7. The standard InChI is InChI=1S/C20H22N4O4S/c1-10-15(19(26)28-5)11(2)21-16(10)17(25)12(3)29-20-22-18(23-24-20)13-6-8-14(27-4)9-7-13/h6-9,12,21H,1-5H3,(H,22,23,24)/t12-/m1/s1. The molecule has 0 radical (unpaired) electrons. The summed E-state index contributed by atoms with van der Waals surface area (Å²) in [4.78, 5) is 32.3. The summed E-state index contributed by atoms with van der Waals surface area (Å²) < 4.78 is 9.95. The van der Waals surface area contributed by atoms with Crippen molar-refractivity contribution >= 4 is 23.5 Å². The van der Waals surface area contributed by atoms with E-state index in [0.29, 0.717) is 33.5 Å². The summed E-state index contributed by atoms with van der Waals surface area (Å²) in [5.74, 6) is 0.759. The number of esters is 1. The van der Waals surface area contributed by atoms with Gasteiger partial charge in [-0.05, 0) is 50.6 Å². The Morgan fingerprint density at radius 1 is 1.14 bits per heavy atom. The lowest BCUT2D eigenvalue weighted by Crippen LogP contribution is -2.15. The van der Waals surface area contributed by atoms with E-state index in [1.54, 1.807) is 27.9 Å². The molecule has 1 atom stereocenters. The number of nitrogens with one attached hydrogen (secondary N) is 2. The fourth-order valence-corrected chi connectivity index (χ4v) is 3.78. The van der Waals surface area contributed by atoms with Crippen molar-refractivity contribution in [3.63, 3.8) is 0 Å². The highest BCUT2D eigenvalue weighted by molar-refractivity contribution is 8.00. The van der Waals surface area contributed by atoms with Crippen LogP contribution in [0.25, 0.3) is 11.4 Å². The molecule has 0 aliphatic heterocycles. The molecule has 0 amide bonds. The fourth-order valence-electron chi connectivity index (χ4n) is 3.00. The maximum atomic E-state index is 12.9. The van der Waals surface area contributed by atoms with Crippen molar-refractivity contribution in [1.82, 2.24) is 20.2 Å². The molecule has 0 bridgehead atoms. The van der Waals surface area contributed by atoms with Crippen molar-refractivity contribution < 1.29 is 19.1 Å². The summed E-state index contributed by atoms with van der Waals surface area (Å²) in [7, 11) is 2.93.